The van der Waals surface area contributed by atoms with E-state index < -0.39 is 0 Å². The minimum absolute atomic E-state index is 0.0739. The second-order valence-corrected chi connectivity index (χ2v) is 8.69. The van der Waals surface area contributed by atoms with E-state index in [0.29, 0.717) is 0 Å². The first-order chi connectivity index (χ1) is 13.1. The maximum atomic E-state index is 12.8. The topological polar surface area (TPSA) is 32.3 Å². The largest absolute Gasteiger partial charge is 0.349 e. The molecular formula is C22H23ClN2OS. The van der Waals surface area contributed by atoms with Gasteiger partial charge in [0.2, 0.25) is 0 Å². The number of fused-ring (bicyclic) bond motifs is 1. The van der Waals surface area contributed by atoms with Gasteiger partial charge >= 0.3 is 0 Å². The lowest BCUT2D eigenvalue weighted by Crippen LogP contribution is -2.44. The predicted molar refractivity (Wildman–Crippen MR) is 114 cm³/mol. The Bertz CT molecular complexity index is 943. The molecule has 1 saturated heterocycles. The summed E-state index contributed by atoms with van der Waals surface area (Å²) >= 11 is 7.55. The monoisotopic (exact) mass is 398 g/mol. The molecule has 0 unspecified atom stereocenters. The molecule has 1 amide bonds. The van der Waals surface area contributed by atoms with Crippen LogP contribution in [0.2, 0.25) is 5.02 Å². The molecule has 2 heterocycles. The van der Waals surface area contributed by atoms with Gasteiger partial charge in [0.25, 0.3) is 5.91 Å². The molecule has 3 nitrogen and oxygen atoms in total. The number of aryl methyl sites for hydroxylation is 1. The van der Waals surface area contributed by atoms with Gasteiger partial charge in [0.1, 0.15) is 0 Å². The quantitative estimate of drug-likeness (QED) is 0.650. The molecule has 1 aliphatic rings. The van der Waals surface area contributed by atoms with Gasteiger partial charge in [-0.2, -0.15) is 0 Å². The van der Waals surface area contributed by atoms with Crippen molar-refractivity contribution in [3.63, 3.8) is 0 Å². The molecule has 1 aromatic heterocycles. The fraction of sp³-hybridized carbons (Fsp3) is 0.318. The Labute approximate surface area is 168 Å². The molecule has 1 aliphatic heterocycles. The lowest BCUT2D eigenvalue weighted by Gasteiger charge is -2.32. The van der Waals surface area contributed by atoms with Crippen LogP contribution in [-0.4, -0.2) is 29.9 Å². The van der Waals surface area contributed by atoms with Gasteiger partial charge in [-0.05, 0) is 54.5 Å². The van der Waals surface area contributed by atoms with Crippen molar-refractivity contribution in [1.29, 1.82) is 0 Å². The van der Waals surface area contributed by atoms with E-state index in [1.807, 2.05) is 31.2 Å². The summed E-state index contributed by atoms with van der Waals surface area (Å²) in [6.07, 6.45) is 1.98. The van der Waals surface area contributed by atoms with Gasteiger partial charge in [0.15, 0.2) is 0 Å². The highest BCUT2D eigenvalue weighted by molar-refractivity contribution is 7.21. The molecule has 0 saturated carbocycles. The molecule has 2 aromatic carbocycles. The van der Waals surface area contributed by atoms with Crippen molar-refractivity contribution < 1.29 is 4.79 Å². The molecule has 0 atom stereocenters. The van der Waals surface area contributed by atoms with Crippen molar-refractivity contribution in [2.75, 3.05) is 13.1 Å². The SMILES string of the molecule is Cc1c(C(=O)NC2CCN(Cc3ccc(Cl)cc3)CC2)sc2ccccc12. The van der Waals surface area contributed by atoms with Crippen LogP contribution < -0.4 is 5.32 Å². The van der Waals surface area contributed by atoms with Crippen molar-refractivity contribution in [3.8, 4) is 0 Å². The highest BCUT2D eigenvalue weighted by atomic mass is 35.5. The maximum absolute atomic E-state index is 12.8. The molecule has 0 bridgehead atoms. The molecule has 0 aliphatic carbocycles. The molecule has 0 radical (unpaired) electrons. The standard InChI is InChI=1S/C22H23ClN2OS/c1-15-19-4-2-3-5-20(19)27-21(15)22(26)24-18-10-12-25(13-11-18)14-16-6-8-17(23)9-7-16/h2-9,18H,10-14H2,1H3,(H,24,26). The Kier molecular flexibility index (Phi) is 5.48. The van der Waals surface area contributed by atoms with E-state index >= 15 is 0 Å². The molecule has 140 valence electrons. The average molecular weight is 399 g/mol. The number of likely N-dealkylation sites (tertiary alicyclic amines) is 1. The van der Waals surface area contributed by atoms with Gasteiger partial charge in [-0.3, -0.25) is 9.69 Å². The average Bonchev–Trinajstić information content (AvgIpc) is 3.02. The number of rotatable bonds is 4. The number of hydrogen-bond acceptors (Lipinski definition) is 3. The van der Waals surface area contributed by atoms with Gasteiger partial charge in [0.05, 0.1) is 4.88 Å². The number of nitrogens with zero attached hydrogens (tertiary/aromatic N) is 1. The van der Waals surface area contributed by atoms with Crippen molar-refractivity contribution in [3.05, 3.63) is 69.6 Å². The van der Waals surface area contributed by atoms with Crippen LogP contribution in [-0.2, 0) is 6.54 Å². The molecule has 3 aromatic rings. The van der Waals surface area contributed by atoms with E-state index in [4.69, 9.17) is 11.6 Å². The lowest BCUT2D eigenvalue weighted by atomic mass is 10.0. The van der Waals surface area contributed by atoms with Crippen molar-refractivity contribution in [2.45, 2.75) is 32.4 Å². The predicted octanol–water partition coefficient (Wildman–Crippen LogP) is 5.26. The van der Waals surface area contributed by atoms with Crippen LogP contribution in [0.1, 0.15) is 33.6 Å². The summed E-state index contributed by atoms with van der Waals surface area (Å²) in [6.45, 7) is 4.98. The van der Waals surface area contributed by atoms with E-state index in [1.165, 1.54) is 15.6 Å². The summed E-state index contributed by atoms with van der Waals surface area (Å²) < 4.78 is 1.18. The van der Waals surface area contributed by atoms with E-state index in [9.17, 15) is 4.79 Å². The van der Waals surface area contributed by atoms with Crippen molar-refractivity contribution in [2.24, 2.45) is 0 Å². The lowest BCUT2D eigenvalue weighted by molar-refractivity contribution is 0.0912. The van der Waals surface area contributed by atoms with E-state index in [0.717, 1.165) is 47.9 Å². The maximum Gasteiger partial charge on any atom is 0.261 e. The smallest absolute Gasteiger partial charge is 0.261 e. The second-order valence-electron chi connectivity index (χ2n) is 7.20. The Morgan fingerprint density at radius 2 is 1.85 bits per heavy atom. The van der Waals surface area contributed by atoms with Gasteiger partial charge in [-0.15, -0.1) is 11.3 Å². The van der Waals surface area contributed by atoms with E-state index in [-0.39, 0.29) is 11.9 Å². The van der Waals surface area contributed by atoms with Crippen molar-refractivity contribution >= 4 is 38.9 Å². The molecule has 1 fully saturated rings. The Hall–Kier alpha value is -1.88. The zero-order chi connectivity index (χ0) is 18.8. The number of benzene rings is 2. The fourth-order valence-electron chi connectivity index (χ4n) is 3.73. The molecule has 27 heavy (non-hydrogen) atoms. The number of carbonyl (C=O) groups excluding carboxylic acids is 1. The van der Waals surface area contributed by atoms with Gasteiger partial charge in [-0.1, -0.05) is 41.9 Å². The van der Waals surface area contributed by atoms with Crippen LogP contribution in [0, 0.1) is 6.92 Å². The van der Waals surface area contributed by atoms with Gasteiger partial charge in [0, 0.05) is 35.4 Å². The molecule has 0 spiro atoms. The summed E-state index contributed by atoms with van der Waals surface area (Å²) in [7, 11) is 0. The third kappa shape index (κ3) is 4.18. The fourth-order valence-corrected chi connectivity index (χ4v) is 4.96. The van der Waals surface area contributed by atoms with E-state index in [2.05, 4.69) is 34.5 Å². The number of hydrogen-bond donors (Lipinski definition) is 1. The van der Waals surface area contributed by atoms with Crippen molar-refractivity contribution in [1.82, 2.24) is 10.2 Å². The minimum Gasteiger partial charge on any atom is -0.349 e. The molecule has 5 heteroatoms. The van der Waals surface area contributed by atoms with Crippen LogP contribution in [0.25, 0.3) is 10.1 Å². The Morgan fingerprint density at radius 1 is 1.15 bits per heavy atom. The van der Waals surface area contributed by atoms with Crippen LogP contribution in [0.4, 0.5) is 0 Å². The highest BCUT2D eigenvalue weighted by Gasteiger charge is 2.23. The molecule has 1 N–H and O–H groups in total. The first-order valence-corrected chi connectivity index (χ1v) is 10.6. The number of nitrogens with one attached hydrogen (secondary N) is 1. The zero-order valence-electron chi connectivity index (χ0n) is 15.4. The third-order valence-electron chi connectivity index (χ3n) is 5.29. The zero-order valence-corrected chi connectivity index (χ0v) is 16.9. The van der Waals surface area contributed by atoms with Crippen LogP contribution in [0.15, 0.2) is 48.5 Å². The number of carbonyl (C=O) groups is 1. The summed E-state index contributed by atoms with van der Waals surface area (Å²) in [5.74, 6) is 0.0739. The molecule has 4 rings (SSSR count). The highest BCUT2D eigenvalue weighted by Crippen LogP contribution is 2.30. The summed E-state index contributed by atoms with van der Waals surface area (Å²) in [6, 6.07) is 16.5. The first kappa shape index (κ1) is 18.5. The number of halogens is 1. The van der Waals surface area contributed by atoms with E-state index in [1.54, 1.807) is 11.3 Å². The third-order valence-corrected chi connectivity index (χ3v) is 6.82. The summed E-state index contributed by atoms with van der Waals surface area (Å²) in [5, 5.41) is 5.22. The number of amides is 1. The minimum atomic E-state index is 0.0739. The normalized spacial score (nSPS) is 15.9. The van der Waals surface area contributed by atoms with Gasteiger partial charge < -0.3 is 5.32 Å². The van der Waals surface area contributed by atoms with Crippen LogP contribution in [0.3, 0.4) is 0 Å². The number of piperidine rings is 1. The van der Waals surface area contributed by atoms with Crippen LogP contribution >= 0.6 is 22.9 Å². The number of thiophene rings is 1. The summed E-state index contributed by atoms with van der Waals surface area (Å²) in [5.41, 5.74) is 2.37. The van der Waals surface area contributed by atoms with Gasteiger partial charge in [-0.25, -0.2) is 0 Å². The Morgan fingerprint density at radius 3 is 2.56 bits per heavy atom. The summed E-state index contributed by atoms with van der Waals surface area (Å²) in [4.78, 5) is 16.1. The molecular weight excluding hydrogens is 376 g/mol. The van der Waals surface area contributed by atoms with Crippen LogP contribution in [0.5, 0.6) is 0 Å². The first-order valence-electron chi connectivity index (χ1n) is 9.36. The second kappa shape index (κ2) is 8.01. The Balaban J connectivity index is 1.33.